The van der Waals surface area contributed by atoms with Crippen molar-refractivity contribution in [3.05, 3.63) is 81.1 Å². The van der Waals surface area contributed by atoms with Gasteiger partial charge >= 0.3 is 0 Å². The number of hydrogen-bond donors (Lipinski definition) is 2. The van der Waals surface area contributed by atoms with E-state index in [0.717, 1.165) is 25.3 Å². The van der Waals surface area contributed by atoms with Crippen LogP contribution in [0.5, 0.6) is 0 Å². The van der Waals surface area contributed by atoms with Gasteiger partial charge < -0.3 is 10.3 Å². The number of piperidine rings is 1. The Morgan fingerprint density at radius 2 is 1.84 bits per heavy atom. The predicted molar refractivity (Wildman–Crippen MR) is 122 cm³/mol. The molecule has 0 atom stereocenters. The Bertz CT molecular complexity index is 1140. The summed E-state index contributed by atoms with van der Waals surface area (Å²) >= 11 is 11.7. The molecule has 0 saturated carbocycles. The van der Waals surface area contributed by atoms with Crippen LogP contribution in [-0.2, 0) is 6.54 Å². The zero-order valence-electron chi connectivity index (χ0n) is 17.1. The van der Waals surface area contributed by atoms with Crippen molar-refractivity contribution in [2.24, 2.45) is 0 Å². The van der Waals surface area contributed by atoms with Gasteiger partial charge in [0.25, 0.3) is 5.91 Å². The SMILES string of the molecule is O=C(Nc1ccc(CN2CCCCC2)nc1)c1cc(C(=O)c2c(Cl)ccc(Cl)c2F)c[nH]1. The summed E-state index contributed by atoms with van der Waals surface area (Å²) in [4.78, 5) is 34.8. The molecular weight excluding hydrogens is 454 g/mol. The van der Waals surface area contributed by atoms with E-state index in [1.807, 2.05) is 6.07 Å². The lowest BCUT2D eigenvalue weighted by molar-refractivity contribution is 0.102. The lowest BCUT2D eigenvalue weighted by Crippen LogP contribution is -2.29. The number of ketones is 1. The second-order valence-electron chi connectivity index (χ2n) is 7.68. The first-order valence-electron chi connectivity index (χ1n) is 10.3. The van der Waals surface area contributed by atoms with Crippen molar-refractivity contribution in [3.8, 4) is 0 Å². The van der Waals surface area contributed by atoms with Crippen molar-refractivity contribution < 1.29 is 14.0 Å². The number of aromatic amines is 1. The van der Waals surface area contributed by atoms with Crippen LogP contribution in [0.25, 0.3) is 0 Å². The second-order valence-corrected chi connectivity index (χ2v) is 8.49. The third-order valence-corrected chi connectivity index (χ3v) is 5.98. The number of nitrogens with one attached hydrogen (secondary N) is 2. The van der Waals surface area contributed by atoms with E-state index < -0.39 is 17.5 Å². The highest BCUT2D eigenvalue weighted by Crippen LogP contribution is 2.28. The number of nitrogens with zero attached hydrogens (tertiary/aromatic N) is 2. The quantitative estimate of drug-likeness (QED) is 0.374. The van der Waals surface area contributed by atoms with E-state index in [1.54, 1.807) is 12.3 Å². The van der Waals surface area contributed by atoms with Gasteiger partial charge in [0.2, 0.25) is 0 Å². The fraction of sp³-hybridized carbons (Fsp3) is 0.261. The molecule has 0 spiro atoms. The number of carbonyl (C=O) groups is 2. The van der Waals surface area contributed by atoms with Crippen LogP contribution in [0.3, 0.4) is 0 Å². The third kappa shape index (κ3) is 5.01. The second kappa shape index (κ2) is 9.81. The smallest absolute Gasteiger partial charge is 0.272 e. The minimum absolute atomic E-state index is 0.0557. The predicted octanol–water partition coefficient (Wildman–Crippen LogP) is 5.32. The number of amides is 1. The Morgan fingerprint density at radius 3 is 2.56 bits per heavy atom. The highest BCUT2D eigenvalue weighted by Gasteiger charge is 2.22. The van der Waals surface area contributed by atoms with Gasteiger partial charge in [0.05, 0.1) is 33.2 Å². The van der Waals surface area contributed by atoms with Gasteiger partial charge in [-0.3, -0.25) is 19.5 Å². The highest BCUT2D eigenvalue weighted by molar-refractivity contribution is 6.37. The van der Waals surface area contributed by atoms with Crippen molar-refractivity contribution in [3.63, 3.8) is 0 Å². The number of benzene rings is 1. The van der Waals surface area contributed by atoms with Crippen molar-refractivity contribution in [1.82, 2.24) is 14.9 Å². The number of pyridine rings is 1. The normalized spacial score (nSPS) is 14.3. The van der Waals surface area contributed by atoms with E-state index >= 15 is 0 Å². The Hall–Kier alpha value is -2.74. The molecule has 1 saturated heterocycles. The zero-order chi connectivity index (χ0) is 22.7. The summed E-state index contributed by atoms with van der Waals surface area (Å²) in [5.41, 5.74) is 1.37. The molecule has 2 aromatic heterocycles. The lowest BCUT2D eigenvalue weighted by atomic mass is 10.0. The van der Waals surface area contributed by atoms with Crippen molar-refractivity contribution in [2.45, 2.75) is 25.8 Å². The zero-order valence-corrected chi connectivity index (χ0v) is 18.6. The monoisotopic (exact) mass is 474 g/mol. The van der Waals surface area contributed by atoms with Crippen molar-refractivity contribution >= 4 is 40.6 Å². The molecule has 1 amide bonds. The van der Waals surface area contributed by atoms with Crippen LogP contribution >= 0.6 is 23.2 Å². The highest BCUT2D eigenvalue weighted by atomic mass is 35.5. The summed E-state index contributed by atoms with van der Waals surface area (Å²) in [6.45, 7) is 2.95. The number of anilines is 1. The fourth-order valence-corrected chi connectivity index (χ4v) is 4.06. The Labute approximate surface area is 194 Å². The topological polar surface area (TPSA) is 78.1 Å². The van der Waals surface area contributed by atoms with Gasteiger partial charge in [-0.2, -0.15) is 0 Å². The van der Waals surface area contributed by atoms with E-state index in [9.17, 15) is 14.0 Å². The third-order valence-electron chi connectivity index (χ3n) is 5.38. The van der Waals surface area contributed by atoms with E-state index in [1.165, 1.54) is 43.7 Å². The average molecular weight is 475 g/mol. The molecule has 2 N–H and O–H groups in total. The van der Waals surface area contributed by atoms with Gasteiger partial charge in [-0.25, -0.2) is 4.39 Å². The minimum Gasteiger partial charge on any atom is -0.356 e. The van der Waals surface area contributed by atoms with Crippen molar-refractivity contribution in [2.75, 3.05) is 18.4 Å². The largest absolute Gasteiger partial charge is 0.356 e. The van der Waals surface area contributed by atoms with Gasteiger partial charge in [0.1, 0.15) is 5.69 Å². The Balaban J connectivity index is 1.42. The molecule has 0 bridgehead atoms. The van der Waals surface area contributed by atoms with Crippen LogP contribution in [-0.4, -0.2) is 39.6 Å². The van der Waals surface area contributed by atoms with Crippen LogP contribution in [0, 0.1) is 5.82 Å². The van der Waals surface area contributed by atoms with Crippen LogP contribution < -0.4 is 5.32 Å². The summed E-state index contributed by atoms with van der Waals surface area (Å²) < 4.78 is 14.3. The van der Waals surface area contributed by atoms with Gasteiger partial charge in [-0.1, -0.05) is 29.6 Å². The molecular formula is C23H21Cl2FN4O2. The fourth-order valence-electron chi connectivity index (χ4n) is 3.67. The van der Waals surface area contributed by atoms with Gasteiger partial charge in [-0.05, 0) is 56.3 Å². The number of rotatable bonds is 6. The standard InChI is InChI=1S/C23H21Cl2FN4O2/c24-17-6-7-18(25)21(26)20(17)22(31)14-10-19(28-11-14)23(32)29-15-4-5-16(27-12-15)13-30-8-2-1-3-9-30/h4-7,10-12,28H,1-3,8-9,13H2,(H,29,32). The molecule has 1 aromatic carbocycles. The summed E-state index contributed by atoms with van der Waals surface area (Å²) in [5.74, 6) is -2.02. The molecule has 3 aromatic rings. The first-order valence-corrected chi connectivity index (χ1v) is 11.0. The number of halogens is 3. The molecule has 0 unspecified atom stereocenters. The molecule has 32 heavy (non-hydrogen) atoms. The maximum atomic E-state index is 14.3. The number of H-pyrrole nitrogens is 1. The molecule has 0 radical (unpaired) electrons. The Kier molecular flexibility index (Phi) is 6.89. The number of carbonyl (C=O) groups excluding carboxylic acids is 2. The van der Waals surface area contributed by atoms with Crippen LogP contribution in [0.2, 0.25) is 10.0 Å². The van der Waals surface area contributed by atoms with Gasteiger partial charge in [-0.15, -0.1) is 0 Å². The maximum absolute atomic E-state index is 14.3. The molecule has 0 aliphatic carbocycles. The number of hydrogen-bond acceptors (Lipinski definition) is 4. The molecule has 9 heteroatoms. The average Bonchev–Trinajstić information content (AvgIpc) is 3.29. The summed E-state index contributed by atoms with van der Waals surface area (Å²) in [5, 5.41) is 2.47. The van der Waals surface area contributed by atoms with Gasteiger partial charge in [0.15, 0.2) is 11.6 Å². The number of likely N-dealkylation sites (tertiary alicyclic amines) is 1. The first-order chi connectivity index (χ1) is 15.4. The lowest BCUT2D eigenvalue weighted by Gasteiger charge is -2.25. The Morgan fingerprint density at radius 1 is 1.09 bits per heavy atom. The summed E-state index contributed by atoms with van der Waals surface area (Å²) in [6, 6.07) is 7.64. The van der Waals surface area contributed by atoms with Gasteiger partial charge in [0, 0.05) is 18.3 Å². The molecule has 166 valence electrons. The number of aromatic nitrogens is 2. The molecule has 6 nitrogen and oxygen atoms in total. The van der Waals surface area contributed by atoms with E-state index in [2.05, 4.69) is 20.2 Å². The first kappa shape index (κ1) is 22.5. The maximum Gasteiger partial charge on any atom is 0.272 e. The van der Waals surface area contributed by atoms with Crippen LogP contribution in [0.1, 0.15) is 51.4 Å². The van der Waals surface area contributed by atoms with E-state index in [4.69, 9.17) is 23.2 Å². The minimum atomic E-state index is -0.896. The van der Waals surface area contributed by atoms with E-state index in [0.29, 0.717) is 5.69 Å². The van der Waals surface area contributed by atoms with Crippen molar-refractivity contribution in [1.29, 1.82) is 0 Å². The van der Waals surface area contributed by atoms with Crippen LogP contribution in [0.15, 0.2) is 42.7 Å². The molecule has 4 rings (SSSR count). The summed E-state index contributed by atoms with van der Waals surface area (Å²) in [7, 11) is 0. The summed E-state index contributed by atoms with van der Waals surface area (Å²) in [6.07, 6.45) is 6.64. The molecule has 3 heterocycles. The van der Waals surface area contributed by atoms with Crippen LogP contribution in [0.4, 0.5) is 10.1 Å². The molecule has 1 aliphatic rings. The molecule has 1 fully saturated rings. The molecule has 1 aliphatic heterocycles. The van der Waals surface area contributed by atoms with E-state index in [-0.39, 0.29) is 26.9 Å².